The van der Waals surface area contributed by atoms with Gasteiger partial charge in [0.2, 0.25) is 5.75 Å². The highest BCUT2D eigenvalue weighted by atomic mass is 16.5. The van der Waals surface area contributed by atoms with E-state index in [0.717, 1.165) is 5.56 Å². The van der Waals surface area contributed by atoms with Crippen LogP contribution >= 0.6 is 0 Å². The molecule has 0 amide bonds. The number of ether oxygens (including phenoxy) is 3. The maximum atomic E-state index is 10.1. The predicted molar refractivity (Wildman–Crippen MR) is 83.4 cm³/mol. The van der Waals surface area contributed by atoms with Gasteiger partial charge in [0.1, 0.15) is 0 Å². The van der Waals surface area contributed by atoms with E-state index < -0.39 is 5.60 Å². The maximum absolute atomic E-state index is 10.1. The van der Waals surface area contributed by atoms with Crippen molar-refractivity contribution in [2.75, 3.05) is 27.9 Å². The van der Waals surface area contributed by atoms with Crippen LogP contribution in [0.4, 0.5) is 0 Å². The number of aliphatic hydroxyl groups is 1. The third kappa shape index (κ3) is 4.51. The molecule has 0 saturated carbocycles. The molecule has 1 aromatic rings. The number of nitrogens with one attached hydrogen (secondary N) is 1. The Morgan fingerprint density at radius 1 is 1.14 bits per heavy atom. The minimum atomic E-state index is -0.713. The first-order chi connectivity index (χ1) is 9.88. The summed E-state index contributed by atoms with van der Waals surface area (Å²) in [5.74, 6) is 1.84. The van der Waals surface area contributed by atoms with Crippen LogP contribution in [0.3, 0.4) is 0 Å². The summed E-state index contributed by atoms with van der Waals surface area (Å²) in [5.41, 5.74) is 0.297. The Hall–Kier alpha value is -1.46. The van der Waals surface area contributed by atoms with Gasteiger partial charge in [-0.1, -0.05) is 6.92 Å². The fourth-order valence-electron chi connectivity index (χ4n) is 1.97. The van der Waals surface area contributed by atoms with Crippen molar-refractivity contribution in [1.29, 1.82) is 0 Å². The number of hydrogen-bond acceptors (Lipinski definition) is 5. The molecular formula is C16H27NO4. The molecule has 120 valence electrons. The van der Waals surface area contributed by atoms with Gasteiger partial charge in [0.05, 0.1) is 26.9 Å². The molecule has 0 aliphatic rings. The zero-order valence-corrected chi connectivity index (χ0v) is 13.8. The summed E-state index contributed by atoms with van der Waals surface area (Å²) in [6, 6.07) is 3.89. The van der Waals surface area contributed by atoms with Crippen molar-refractivity contribution in [3.8, 4) is 17.2 Å². The lowest BCUT2D eigenvalue weighted by Gasteiger charge is -2.25. The van der Waals surface area contributed by atoms with Crippen molar-refractivity contribution in [2.45, 2.75) is 38.8 Å². The lowest BCUT2D eigenvalue weighted by atomic mass is 10.0. The average Bonchev–Trinajstić information content (AvgIpc) is 2.50. The summed E-state index contributed by atoms with van der Waals surface area (Å²) in [5, 5.41) is 13.4. The maximum Gasteiger partial charge on any atom is 0.203 e. The Bertz CT molecular complexity index is 435. The van der Waals surface area contributed by atoms with Crippen molar-refractivity contribution in [3.05, 3.63) is 17.7 Å². The molecule has 0 radical (unpaired) electrons. The number of rotatable bonds is 8. The summed E-state index contributed by atoms with van der Waals surface area (Å²) < 4.78 is 16.0. The molecule has 1 aromatic carbocycles. The topological polar surface area (TPSA) is 60.0 Å². The van der Waals surface area contributed by atoms with Gasteiger partial charge < -0.3 is 24.6 Å². The fraction of sp³-hybridized carbons (Fsp3) is 0.625. The molecule has 1 rings (SSSR count). The van der Waals surface area contributed by atoms with Gasteiger partial charge in [-0.2, -0.15) is 0 Å². The SMILES string of the molecule is CCC(C)(O)CNC(C)c1cc(OC)c(OC)c(OC)c1. The number of methoxy groups -OCH3 is 3. The smallest absolute Gasteiger partial charge is 0.203 e. The molecular weight excluding hydrogens is 270 g/mol. The van der Waals surface area contributed by atoms with Crippen LogP contribution < -0.4 is 19.5 Å². The summed E-state index contributed by atoms with van der Waals surface area (Å²) in [6.45, 7) is 6.33. The van der Waals surface area contributed by atoms with Crippen LogP contribution in [0.15, 0.2) is 12.1 Å². The van der Waals surface area contributed by atoms with Gasteiger partial charge in [-0.05, 0) is 38.0 Å². The Morgan fingerprint density at radius 3 is 2.05 bits per heavy atom. The van der Waals surface area contributed by atoms with Crippen LogP contribution in [0.5, 0.6) is 17.2 Å². The first kappa shape index (κ1) is 17.6. The molecule has 2 unspecified atom stereocenters. The van der Waals surface area contributed by atoms with Crippen LogP contribution in [0.1, 0.15) is 38.8 Å². The molecule has 5 nitrogen and oxygen atoms in total. The second-order valence-corrected chi connectivity index (χ2v) is 5.41. The molecule has 0 bridgehead atoms. The molecule has 5 heteroatoms. The first-order valence-electron chi connectivity index (χ1n) is 7.14. The Kier molecular flexibility index (Phi) is 6.30. The highest BCUT2D eigenvalue weighted by Gasteiger charge is 2.20. The molecule has 0 spiro atoms. The molecule has 2 N–H and O–H groups in total. The second-order valence-electron chi connectivity index (χ2n) is 5.41. The summed E-state index contributed by atoms with van der Waals surface area (Å²) >= 11 is 0. The minimum absolute atomic E-state index is 0.0525. The Labute approximate surface area is 127 Å². The normalized spacial score (nSPS) is 15.2. The van der Waals surface area contributed by atoms with E-state index in [-0.39, 0.29) is 6.04 Å². The van der Waals surface area contributed by atoms with E-state index in [2.05, 4.69) is 5.32 Å². The summed E-state index contributed by atoms with van der Waals surface area (Å²) in [6.07, 6.45) is 0.696. The zero-order valence-electron chi connectivity index (χ0n) is 13.8. The first-order valence-corrected chi connectivity index (χ1v) is 7.14. The minimum Gasteiger partial charge on any atom is -0.493 e. The standard InChI is InChI=1S/C16H27NO4/c1-7-16(3,18)10-17-11(2)12-8-13(19-4)15(21-6)14(9-12)20-5/h8-9,11,17-18H,7,10H2,1-6H3. The molecule has 0 aliphatic heterocycles. The van der Waals surface area contributed by atoms with Crippen LogP contribution in [0.2, 0.25) is 0 Å². The Balaban J connectivity index is 2.97. The lowest BCUT2D eigenvalue weighted by Crippen LogP contribution is -2.38. The number of hydrogen-bond donors (Lipinski definition) is 2. The second kappa shape index (κ2) is 7.52. The summed E-state index contributed by atoms with van der Waals surface area (Å²) in [7, 11) is 4.78. The van der Waals surface area contributed by atoms with E-state index in [0.29, 0.717) is 30.2 Å². The highest BCUT2D eigenvalue weighted by Crippen LogP contribution is 2.39. The molecule has 21 heavy (non-hydrogen) atoms. The van der Waals surface area contributed by atoms with E-state index in [1.807, 2.05) is 32.9 Å². The van der Waals surface area contributed by atoms with Gasteiger partial charge in [-0.3, -0.25) is 0 Å². The van der Waals surface area contributed by atoms with Gasteiger partial charge in [0.15, 0.2) is 11.5 Å². The van der Waals surface area contributed by atoms with Gasteiger partial charge in [0.25, 0.3) is 0 Å². The molecule has 0 heterocycles. The predicted octanol–water partition coefficient (Wildman–Crippen LogP) is 2.52. The van der Waals surface area contributed by atoms with E-state index in [1.165, 1.54) is 0 Å². The molecule has 0 fully saturated rings. The van der Waals surface area contributed by atoms with Crippen molar-refractivity contribution >= 4 is 0 Å². The molecule has 0 aliphatic carbocycles. The van der Waals surface area contributed by atoms with Crippen LogP contribution in [-0.4, -0.2) is 38.6 Å². The van der Waals surface area contributed by atoms with E-state index in [4.69, 9.17) is 14.2 Å². The van der Waals surface area contributed by atoms with Crippen molar-refractivity contribution in [1.82, 2.24) is 5.32 Å². The van der Waals surface area contributed by atoms with Crippen LogP contribution in [0, 0.1) is 0 Å². The largest absolute Gasteiger partial charge is 0.493 e. The summed E-state index contributed by atoms with van der Waals surface area (Å²) in [4.78, 5) is 0. The van der Waals surface area contributed by atoms with E-state index in [1.54, 1.807) is 21.3 Å². The number of benzene rings is 1. The molecule has 2 atom stereocenters. The van der Waals surface area contributed by atoms with Crippen LogP contribution in [0.25, 0.3) is 0 Å². The van der Waals surface area contributed by atoms with Gasteiger partial charge in [-0.25, -0.2) is 0 Å². The highest BCUT2D eigenvalue weighted by molar-refractivity contribution is 5.54. The monoisotopic (exact) mass is 297 g/mol. The van der Waals surface area contributed by atoms with Crippen molar-refractivity contribution < 1.29 is 19.3 Å². The quantitative estimate of drug-likeness (QED) is 0.772. The average molecular weight is 297 g/mol. The van der Waals surface area contributed by atoms with E-state index >= 15 is 0 Å². The van der Waals surface area contributed by atoms with Gasteiger partial charge >= 0.3 is 0 Å². The van der Waals surface area contributed by atoms with Gasteiger partial charge in [-0.15, -0.1) is 0 Å². The molecule has 0 aromatic heterocycles. The fourth-order valence-corrected chi connectivity index (χ4v) is 1.97. The Morgan fingerprint density at radius 2 is 1.67 bits per heavy atom. The van der Waals surface area contributed by atoms with Crippen molar-refractivity contribution in [3.63, 3.8) is 0 Å². The van der Waals surface area contributed by atoms with Crippen molar-refractivity contribution in [2.24, 2.45) is 0 Å². The third-order valence-electron chi connectivity index (χ3n) is 3.74. The van der Waals surface area contributed by atoms with E-state index in [9.17, 15) is 5.11 Å². The third-order valence-corrected chi connectivity index (χ3v) is 3.74. The zero-order chi connectivity index (χ0) is 16.0. The molecule has 0 saturated heterocycles. The lowest BCUT2D eigenvalue weighted by molar-refractivity contribution is 0.0533. The van der Waals surface area contributed by atoms with Gasteiger partial charge in [0, 0.05) is 12.6 Å². The van der Waals surface area contributed by atoms with Crippen LogP contribution in [-0.2, 0) is 0 Å².